The Morgan fingerprint density at radius 3 is 2.48 bits per heavy atom. The Hall–Kier alpha value is -1.97. The number of nitrogens with zero attached hydrogens (tertiary/aromatic N) is 1. The fourth-order valence-corrected chi connectivity index (χ4v) is 4.62. The molecule has 0 fully saturated rings. The summed E-state index contributed by atoms with van der Waals surface area (Å²) in [6.07, 6.45) is 2.68. The number of hydrogen-bond donors (Lipinski definition) is 2. The maximum absolute atomic E-state index is 12.4. The second kappa shape index (κ2) is 9.29. The third-order valence-corrected chi connectivity index (χ3v) is 6.63. The van der Waals surface area contributed by atoms with Gasteiger partial charge >= 0.3 is 0 Å². The molecule has 0 aliphatic rings. The molecule has 2 aromatic rings. The number of aromatic nitrogens is 1. The lowest BCUT2D eigenvalue weighted by Crippen LogP contribution is -2.41. The van der Waals surface area contributed by atoms with Crippen LogP contribution in [-0.2, 0) is 27.7 Å². The van der Waals surface area contributed by atoms with Gasteiger partial charge in [-0.25, -0.2) is 13.4 Å². The van der Waals surface area contributed by atoms with Crippen LogP contribution in [0.2, 0.25) is 0 Å². The summed E-state index contributed by atoms with van der Waals surface area (Å²) in [7, 11) is -2.32. The highest BCUT2D eigenvalue weighted by molar-refractivity contribution is 7.89. The number of sulfonamides is 1. The first kappa shape index (κ1) is 21.3. The minimum atomic E-state index is -3.82. The van der Waals surface area contributed by atoms with Gasteiger partial charge in [-0.2, -0.15) is 4.72 Å². The van der Waals surface area contributed by atoms with E-state index in [4.69, 9.17) is 4.74 Å². The Balaban J connectivity index is 2.06. The lowest BCUT2D eigenvalue weighted by atomic mass is 10.2. The number of hydrogen-bond acceptors (Lipinski definition) is 6. The second-order valence-electron chi connectivity index (χ2n) is 6.00. The number of carbonyl (C=O) groups excluding carboxylic acids is 1. The first-order chi connectivity index (χ1) is 12.8. The van der Waals surface area contributed by atoms with E-state index in [2.05, 4.69) is 21.9 Å². The zero-order valence-corrected chi connectivity index (χ0v) is 17.5. The Bertz CT molecular complexity index is 877. The minimum Gasteiger partial charge on any atom is -0.497 e. The number of ether oxygens (including phenoxy) is 1. The predicted molar refractivity (Wildman–Crippen MR) is 107 cm³/mol. The number of carbonyl (C=O) groups is 1. The molecule has 0 bridgehead atoms. The maximum atomic E-state index is 12.4. The summed E-state index contributed by atoms with van der Waals surface area (Å²) in [6, 6.07) is 5.02. The molecule has 0 aliphatic carbocycles. The van der Waals surface area contributed by atoms with Crippen LogP contribution in [0.15, 0.2) is 29.2 Å². The average molecular weight is 412 g/mol. The van der Waals surface area contributed by atoms with Crippen molar-refractivity contribution in [3.05, 3.63) is 34.8 Å². The number of thiazole rings is 1. The quantitative estimate of drug-likeness (QED) is 0.661. The lowest BCUT2D eigenvalue weighted by molar-refractivity contribution is -0.117. The predicted octanol–water partition coefficient (Wildman–Crippen LogP) is 2.97. The van der Waals surface area contributed by atoms with Crippen LogP contribution < -0.4 is 14.8 Å². The van der Waals surface area contributed by atoms with E-state index in [1.165, 1.54) is 37.5 Å². The summed E-state index contributed by atoms with van der Waals surface area (Å²) in [5, 5.41) is 3.21. The molecular weight excluding hydrogens is 386 g/mol. The van der Waals surface area contributed by atoms with Crippen LogP contribution in [0.25, 0.3) is 0 Å². The van der Waals surface area contributed by atoms with E-state index in [9.17, 15) is 13.2 Å². The van der Waals surface area contributed by atoms with E-state index in [1.54, 1.807) is 12.1 Å². The smallest absolute Gasteiger partial charge is 0.244 e. The van der Waals surface area contributed by atoms with Crippen molar-refractivity contribution in [1.82, 2.24) is 9.71 Å². The van der Waals surface area contributed by atoms with E-state index >= 15 is 0 Å². The number of methoxy groups -OCH3 is 1. The molecule has 2 N–H and O–H groups in total. The molecule has 0 saturated carbocycles. The Kier molecular flexibility index (Phi) is 7.34. The number of benzene rings is 1. The van der Waals surface area contributed by atoms with Gasteiger partial charge < -0.3 is 10.1 Å². The van der Waals surface area contributed by atoms with Crippen molar-refractivity contribution in [2.24, 2.45) is 0 Å². The number of anilines is 1. The molecular formula is C18H25N3O4S2. The van der Waals surface area contributed by atoms with Gasteiger partial charge in [-0.3, -0.25) is 4.79 Å². The van der Waals surface area contributed by atoms with Crippen LogP contribution >= 0.6 is 11.3 Å². The summed E-state index contributed by atoms with van der Waals surface area (Å²) in [5.41, 5.74) is 0.992. The number of amides is 1. The average Bonchev–Trinajstić information content (AvgIpc) is 3.03. The highest BCUT2D eigenvalue weighted by Gasteiger charge is 2.23. The first-order valence-corrected chi connectivity index (χ1v) is 11.1. The molecule has 9 heteroatoms. The van der Waals surface area contributed by atoms with Crippen LogP contribution in [0.1, 0.15) is 37.8 Å². The van der Waals surface area contributed by atoms with E-state index in [-0.39, 0.29) is 4.90 Å². The van der Waals surface area contributed by atoms with Gasteiger partial charge in [0.1, 0.15) is 5.75 Å². The standard InChI is InChI=1S/C18H25N3O4S2/c1-5-7-15-16(6-2)26-18(19-15)20-17(22)12(3)21-27(23,24)14-10-8-13(25-4)9-11-14/h8-12,21H,5-7H2,1-4H3,(H,19,20,22)/t12-/m0/s1. The third kappa shape index (κ3) is 5.50. The molecule has 7 nitrogen and oxygen atoms in total. The summed E-state index contributed by atoms with van der Waals surface area (Å²) in [5.74, 6) is 0.102. The maximum Gasteiger partial charge on any atom is 0.244 e. The second-order valence-corrected chi connectivity index (χ2v) is 8.80. The first-order valence-electron chi connectivity index (χ1n) is 8.76. The van der Waals surface area contributed by atoms with Crippen molar-refractivity contribution >= 4 is 32.4 Å². The van der Waals surface area contributed by atoms with E-state index in [0.29, 0.717) is 10.9 Å². The van der Waals surface area contributed by atoms with Gasteiger partial charge in [-0.1, -0.05) is 20.3 Å². The van der Waals surface area contributed by atoms with Gasteiger partial charge in [0, 0.05) is 4.88 Å². The Labute approximate surface area is 164 Å². The molecule has 1 heterocycles. The topological polar surface area (TPSA) is 97.4 Å². The Morgan fingerprint density at radius 1 is 1.26 bits per heavy atom. The van der Waals surface area contributed by atoms with Crippen LogP contribution in [-0.4, -0.2) is 32.5 Å². The molecule has 1 amide bonds. The third-order valence-electron chi connectivity index (χ3n) is 3.91. The van der Waals surface area contributed by atoms with Crippen LogP contribution in [0, 0.1) is 0 Å². The molecule has 27 heavy (non-hydrogen) atoms. The van der Waals surface area contributed by atoms with Gasteiger partial charge in [0.05, 0.1) is 23.7 Å². The van der Waals surface area contributed by atoms with Crippen molar-refractivity contribution in [2.75, 3.05) is 12.4 Å². The molecule has 1 aromatic heterocycles. The number of rotatable bonds is 9. The van der Waals surface area contributed by atoms with E-state index in [1.807, 2.05) is 6.92 Å². The van der Waals surface area contributed by atoms with Gasteiger partial charge in [-0.05, 0) is 44.0 Å². The normalized spacial score (nSPS) is 12.6. The lowest BCUT2D eigenvalue weighted by Gasteiger charge is -2.13. The Morgan fingerprint density at radius 2 is 1.93 bits per heavy atom. The molecule has 0 saturated heterocycles. The fraction of sp³-hybridized carbons (Fsp3) is 0.444. The summed E-state index contributed by atoms with van der Waals surface area (Å²) in [4.78, 5) is 18.1. The summed E-state index contributed by atoms with van der Waals surface area (Å²) < 4.78 is 32.3. The van der Waals surface area contributed by atoms with E-state index < -0.39 is 22.0 Å². The molecule has 1 aromatic carbocycles. The zero-order chi connectivity index (χ0) is 20.0. The van der Waals surface area contributed by atoms with Gasteiger partial charge in [0.15, 0.2) is 5.13 Å². The molecule has 0 spiro atoms. The molecule has 148 valence electrons. The zero-order valence-electron chi connectivity index (χ0n) is 15.9. The van der Waals surface area contributed by atoms with Crippen molar-refractivity contribution in [2.45, 2.75) is 51.0 Å². The van der Waals surface area contributed by atoms with Crippen molar-refractivity contribution in [3.63, 3.8) is 0 Å². The molecule has 0 radical (unpaired) electrons. The fourth-order valence-electron chi connectivity index (χ4n) is 2.47. The van der Waals surface area contributed by atoms with Gasteiger partial charge in [0.2, 0.25) is 15.9 Å². The molecule has 1 atom stereocenters. The van der Waals surface area contributed by atoms with Crippen LogP contribution in [0.5, 0.6) is 5.75 Å². The summed E-state index contributed by atoms with van der Waals surface area (Å²) >= 11 is 1.43. The highest BCUT2D eigenvalue weighted by atomic mass is 32.2. The number of aryl methyl sites for hydroxylation is 2. The highest BCUT2D eigenvalue weighted by Crippen LogP contribution is 2.25. The van der Waals surface area contributed by atoms with Crippen molar-refractivity contribution in [3.8, 4) is 5.75 Å². The molecule has 2 rings (SSSR count). The minimum absolute atomic E-state index is 0.0655. The number of nitrogens with one attached hydrogen (secondary N) is 2. The van der Waals surface area contributed by atoms with E-state index in [0.717, 1.165) is 29.8 Å². The van der Waals surface area contributed by atoms with Gasteiger partial charge in [0.25, 0.3) is 0 Å². The van der Waals surface area contributed by atoms with Gasteiger partial charge in [-0.15, -0.1) is 11.3 Å². The monoisotopic (exact) mass is 411 g/mol. The van der Waals surface area contributed by atoms with Crippen molar-refractivity contribution < 1.29 is 17.9 Å². The summed E-state index contributed by atoms with van der Waals surface area (Å²) in [6.45, 7) is 5.62. The van der Waals surface area contributed by atoms with Crippen molar-refractivity contribution in [1.29, 1.82) is 0 Å². The SMILES string of the molecule is CCCc1nc(NC(=O)[C@H](C)NS(=O)(=O)c2ccc(OC)cc2)sc1CC. The molecule has 0 aliphatic heterocycles. The molecule has 0 unspecified atom stereocenters. The largest absolute Gasteiger partial charge is 0.497 e. The van der Waals surface area contributed by atoms with Crippen LogP contribution in [0.4, 0.5) is 5.13 Å². The van der Waals surface area contributed by atoms with Crippen LogP contribution in [0.3, 0.4) is 0 Å².